The predicted octanol–water partition coefficient (Wildman–Crippen LogP) is -0.384. The highest BCUT2D eigenvalue weighted by molar-refractivity contribution is 6.02. The molecule has 6 unspecified atom stereocenters. The summed E-state index contributed by atoms with van der Waals surface area (Å²) in [6, 6.07) is -4.38. The second-order valence-corrected chi connectivity index (χ2v) is 20.2. The number of likely N-dealkylation sites (tertiary alicyclic amines) is 5. The zero-order chi connectivity index (χ0) is 49.7. The third kappa shape index (κ3) is 9.32. The summed E-state index contributed by atoms with van der Waals surface area (Å²) in [6.07, 6.45) is -0.286. The average molecular weight is 925 g/mol. The highest BCUT2D eigenvalue weighted by Crippen LogP contribution is 2.48. The molecular formula is C43H72N8O14. The normalized spacial score (nSPS) is 31.1. The monoisotopic (exact) mass is 925 g/mol. The molecule has 0 radical (unpaired) electrons. The largest absolute Gasteiger partial charge is 0.480 e. The van der Waals surface area contributed by atoms with Crippen molar-refractivity contribution in [2.45, 2.75) is 204 Å². The van der Waals surface area contributed by atoms with Crippen LogP contribution >= 0.6 is 0 Å². The van der Waals surface area contributed by atoms with Gasteiger partial charge in [0.25, 0.3) is 11.8 Å². The third-order valence-electron chi connectivity index (χ3n) is 13.5. The van der Waals surface area contributed by atoms with Gasteiger partial charge in [0.15, 0.2) is 6.04 Å². The van der Waals surface area contributed by atoms with E-state index in [2.05, 4.69) is 5.32 Å². The zero-order valence-electron chi connectivity index (χ0n) is 39.8. The van der Waals surface area contributed by atoms with Crippen LogP contribution in [-0.2, 0) is 38.2 Å². The topological polar surface area (TPSA) is 316 Å². The Morgan fingerprint density at radius 2 is 0.969 bits per heavy atom. The van der Waals surface area contributed by atoms with Gasteiger partial charge in [0.1, 0.15) is 39.9 Å². The minimum absolute atomic E-state index is 0.107. The summed E-state index contributed by atoms with van der Waals surface area (Å²) in [5.74, 6) is -3.60. The maximum Gasteiger partial charge on any atom is 0.411 e. The number of hydrogen-bond donors (Lipinski definition) is 7. The lowest BCUT2D eigenvalue weighted by Crippen LogP contribution is -2.81. The molecule has 368 valence electrons. The molecule has 0 aliphatic carbocycles. The van der Waals surface area contributed by atoms with E-state index in [4.69, 9.17) is 20.9 Å². The van der Waals surface area contributed by atoms with Gasteiger partial charge in [-0.05, 0) is 128 Å². The lowest BCUT2D eigenvalue weighted by atomic mass is 9.75. The maximum atomic E-state index is 12.9. The van der Waals surface area contributed by atoms with Crippen LogP contribution in [0.2, 0.25) is 0 Å². The van der Waals surface area contributed by atoms with Gasteiger partial charge < -0.3 is 61.4 Å². The Bertz CT molecular complexity index is 1780. The van der Waals surface area contributed by atoms with Gasteiger partial charge in [-0.15, -0.1) is 0 Å². The molecule has 6 fully saturated rings. The maximum absolute atomic E-state index is 12.9. The molecule has 6 rings (SSSR count). The summed E-state index contributed by atoms with van der Waals surface area (Å²) >= 11 is 0. The molecular weight excluding hydrogens is 853 g/mol. The SMILES string of the molecule is CC1N([C@H](C(=O)O)[C@@H](C)O)C(=O)C12CCCN2C(=O)OC(C)(C)C.CC1N([C@H](C(N)=O)[C@@H](C)O)C(=O)C12CCCN2.CC1N([C@H](C(N)=O)[C@@H](C)O)C(=O)C12CCCN2C(=O)OC(C)(C)C. The quantitative estimate of drug-likeness (QED) is 0.145. The van der Waals surface area contributed by atoms with Crippen molar-refractivity contribution in [3.05, 3.63) is 0 Å². The Morgan fingerprint density at radius 1 is 0.615 bits per heavy atom. The number of rotatable bonds is 9. The first kappa shape index (κ1) is 52.8. The standard InChI is InChI=1S/C16H27N3O5.C16H26N2O6.C11H19N3O3/c1-9(20)11(12(17)21)19-10(2)16(13(19)22)7-6-8-18(16)14(23)24-15(3,4)5;1-9(19)11(12(20)21)18-10(2)16(13(18)22)7-6-8-17(16)14(23)24-15(3,4)5;1-6(15)8(9(12)16)14-7(2)11(10(14)17)4-3-5-13-11/h9-11,20H,6-8H2,1-5H3,(H2,17,21);9-11,19H,6-8H2,1-5H3,(H,20,21);6-8,13,15H,3-5H2,1-2H3,(H2,12,16)/t2*9-,10?,11+,16?;6-,7?,8+,11?/m111/s1. The predicted molar refractivity (Wildman–Crippen MR) is 231 cm³/mol. The van der Waals surface area contributed by atoms with Crippen molar-refractivity contribution >= 4 is 47.7 Å². The molecule has 0 aromatic rings. The molecule has 0 aromatic heterocycles. The fourth-order valence-electron chi connectivity index (χ4n) is 10.6. The van der Waals surface area contributed by atoms with E-state index in [1.807, 2.05) is 6.92 Å². The van der Waals surface area contributed by atoms with Gasteiger partial charge in [-0.25, -0.2) is 14.4 Å². The number of aliphatic hydroxyl groups excluding tert-OH is 3. The minimum atomic E-state index is -1.32. The molecule has 0 saturated carbocycles. The Balaban J connectivity index is 0.000000217. The molecule has 0 aromatic carbocycles. The molecule has 6 saturated heterocycles. The van der Waals surface area contributed by atoms with Crippen LogP contribution in [0.5, 0.6) is 0 Å². The number of aliphatic hydroxyl groups is 3. The number of amides is 7. The van der Waals surface area contributed by atoms with Crippen LogP contribution in [0.25, 0.3) is 0 Å². The van der Waals surface area contributed by atoms with E-state index in [9.17, 15) is 58.8 Å². The number of nitrogens with two attached hydrogens (primary N) is 2. The first-order valence-corrected chi connectivity index (χ1v) is 22.4. The summed E-state index contributed by atoms with van der Waals surface area (Å²) in [5, 5.41) is 41.6. The van der Waals surface area contributed by atoms with Crippen molar-refractivity contribution in [3.63, 3.8) is 0 Å². The lowest BCUT2D eigenvalue weighted by molar-refractivity contribution is -0.187. The van der Waals surface area contributed by atoms with Crippen molar-refractivity contribution in [3.8, 4) is 0 Å². The fourth-order valence-corrected chi connectivity index (χ4v) is 10.6. The molecule has 6 aliphatic rings. The number of aliphatic carboxylic acids is 1. The molecule has 12 atom stereocenters. The van der Waals surface area contributed by atoms with Gasteiger partial charge >= 0.3 is 18.2 Å². The van der Waals surface area contributed by atoms with Crippen LogP contribution in [0.15, 0.2) is 0 Å². The summed E-state index contributed by atoms with van der Waals surface area (Å²) in [7, 11) is 0. The van der Waals surface area contributed by atoms with Gasteiger partial charge in [0.05, 0.1) is 36.4 Å². The second kappa shape index (κ2) is 18.8. The minimum Gasteiger partial charge on any atom is -0.480 e. The van der Waals surface area contributed by atoms with Crippen molar-refractivity contribution in [1.82, 2.24) is 29.8 Å². The molecule has 0 bridgehead atoms. The average Bonchev–Trinajstić information content (AvgIpc) is 3.97. The number of primary amides is 2. The molecule has 6 heterocycles. The van der Waals surface area contributed by atoms with E-state index in [1.54, 1.807) is 55.4 Å². The van der Waals surface area contributed by atoms with Crippen molar-refractivity contribution in [2.24, 2.45) is 11.5 Å². The van der Waals surface area contributed by atoms with Crippen LogP contribution < -0.4 is 16.8 Å². The number of nitrogens with zero attached hydrogens (tertiary/aromatic N) is 5. The van der Waals surface area contributed by atoms with Crippen LogP contribution in [0.4, 0.5) is 9.59 Å². The molecule has 9 N–H and O–H groups in total. The van der Waals surface area contributed by atoms with Crippen LogP contribution in [-0.4, -0.2) is 195 Å². The van der Waals surface area contributed by atoms with Gasteiger partial charge in [-0.2, -0.15) is 0 Å². The first-order chi connectivity index (χ1) is 29.8. The fraction of sp³-hybridized carbons (Fsp3) is 0.814. The molecule has 22 heteroatoms. The van der Waals surface area contributed by atoms with Gasteiger partial charge in [0.2, 0.25) is 17.7 Å². The molecule has 3 spiro atoms. The van der Waals surface area contributed by atoms with Crippen LogP contribution in [0.1, 0.15) is 122 Å². The number of β-lactam (4-membered cyclic amide) rings is 3. The molecule has 6 aliphatic heterocycles. The highest BCUT2D eigenvalue weighted by atomic mass is 16.6. The Morgan fingerprint density at radius 3 is 1.23 bits per heavy atom. The van der Waals surface area contributed by atoms with E-state index in [0.29, 0.717) is 38.8 Å². The molecule has 65 heavy (non-hydrogen) atoms. The van der Waals surface area contributed by atoms with E-state index in [1.165, 1.54) is 40.4 Å². The van der Waals surface area contributed by atoms with Crippen molar-refractivity contribution < 1.29 is 68.3 Å². The summed E-state index contributed by atoms with van der Waals surface area (Å²) in [5.41, 5.74) is 6.65. The van der Waals surface area contributed by atoms with E-state index in [0.717, 1.165) is 24.3 Å². The summed E-state index contributed by atoms with van der Waals surface area (Å²) in [6.45, 7) is 21.8. The molecule has 22 nitrogen and oxygen atoms in total. The highest BCUT2D eigenvalue weighted by Gasteiger charge is 2.69. The Labute approximate surface area is 380 Å². The number of carbonyl (C=O) groups excluding carboxylic acids is 7. The van der Waals surface area contributed by atoms with Crippen molar-refractivity contribution in [2.75, 3.05) is 19.6 Å². The number of carboxylic acid groups (broad SMARTS) is 1. The smallest absolute Gasteiger partial charge is 0.411 e. The number of carbonyl (C=O) groups is 8. The number of carboxylic acids is 1. The lowest BCUT2D eigenvalue weighted by Gasteiger charge is -2.58. The number of ether oxygens (including phenoxy) is 2. The number of nitrogens with one attached hydrogen (secondary N) is 1. The van der Waals surface area contributed by atoms with Crippen LogP contribution in [0, 0.1) is 0 Å². The van der Waals surface area contributed by atoms with Crippen LogP contribution in [0.3, 0.4) is 0 Å². The zero-order valence-corrected chi connectivity index (χ0v) is 39.8. The summed E-state index contributed by atoms with van der Waals surface area (Å²) < 4.78 is 10.8. The van der Waals surface area contributed by atoms with E-state index >= 15 is 0 Å². The van der Waals surface area contributed by atoms with Gasteiger partial charge in [0, 0.05) is 13.1 Å². The van der Waals surface area contributed by atoms with E-state index < -0.39 is 112 Å². The summed E-state index contributed by atoms with van der Waals surface area (Å²) in [4.78, 5) is 104. The second-order valence-electron chi connectivity index (χ2n) is 20.2. The van der Waals surface area contributed by atoms with Gasteiger partial charge in [-0.3, -0.25) is 33.8 Å². The van der Waals surface area contributed by atoms with Gasteiger partial charge in [-0.1, -0.05) is 0 Å². The molecule has 7 amide bonds. The number of hydrogen-bond acceptors (Lipinski definition) is 14. The Kier molecular flexibility index (Phi) is 15.3. The third-order valence-corrected chi connectivity index (χ3v) is 13.5. The van der Waals surface area contributed by atoms with E-state index in [-0.39, 0.29) is 17.9 Å². The van der Waals surface area contributed by atoms with Crippen molar-refractivity contribution in [1.29, 1.82) is 0 Å². The Hall–Kier alpha value is -4.80. The first-order valence-electron chi connectivity index (χ1n) is 22.4.